The van der Waals surface area contributed by atoms with E-state index in [0.717, 1.165) is 6.07 Å². The van der Waals surface area contributed by atoms with Gasteiger partial charge in [-0.25, -0.2) is 9.78 Å². The molecule has 1 atom stereocenters. The number of hydrogen-bond acceptors (Lipinski definition) is 4. The van der Waals surface area contributed by atoms with E-state index in [1.54, 1.807) is 40.7 Å². The standard InChI is InChI=1S/C18H25F3N2O3/c1-16(2,3)26-15(24)23-13(11-25-17(23,4)5)10-9-12-7-6-8-14(22-12)18(19,20)21/h6-8,13H,9-11H2,1-5H3. The van der Waals surface area contributed by atoms with Crippen LogP contribution in [0.2, 0.25) is 0 Å². The van der Waals surface area contributed by atoms with Gasteiger partial charge in [0.05, 0.1) is 12.6 Å². The van der Waals surface area contributed by atoms with Gasteiger partial charge in [0.1, 0.15) is 17.0 Å². The van der Waals surface area contributed by atoms with Crippen LogP contribution in [0.25, 0.3) is 0 Å². The van der Waals surface area contributed by atoms with Crippen molar-refractivity contribution in [3.63, 3.8) is 0 Å². The molecule has 0 aliphatic carbocycles. The predicted octanol–water partition coefficient (Wildman–Crippen LogP) is 4.41. The maximum Gasteiger partial charge on any atom is 0.433 e. The second kappa shape index (κ2) is 7.06. The summed E-state index contributed by atoms with van der Waals surface area (Å²) in [5, 5.41) is 0. The molecule has 1 unspecified atom stereocenters. The lowest BCUT2D eigenvalue weighted by atomic mass is 10.1. The molecule has 0 spiro atoms. The number of aromatic nitrogens is 1. The minimum Gasteiger partial charge on any atom is -0.444 e. The first-order valence-electron chi connectivity index (χ1n) is 8.49. The van der Waals surface area contributed by atoms with Crippen LogP contribution in [-0.4, -0.2) is 40.0 Å². The zero-order chi connectivity index (χ0) is 19.8. The molecule has 1 aliphatic rings. The van der Waals surface area contributed by atoms with Crippen LogP contribution in [0, 0.1) is 0 Å². The van der Waals surface area contributed by atoms with Crippen molar-refractivity contribution in [2.24, 2.45) is 0 Å². The number of carbonyl (C=O) groups is 1. The molecule has 2 rings (SSSR count). The van der Waals surface area contributed by atoms with Crippen molar-refractivity contribution in [3.8, 4) is 0 Å². The fourth-order valence-electron chi connectivity index (χ4n) is 2.87. The lowest BCUT2D eigenvalue weighted by Crippen LogP contribution is -2.49. The molecule has 1 aliphatic heterocycles. The number of aryl methyl sites for hydroxylation is 1. The highest BCUT2D eigenvalue weighted by Crippen LogP contribution is 2.32. The molecule has 1 amide bonds. The van der Waals surface area contributed by atoms with E-state index in [0.29, 0.717) is 25.1 Å². The zero-order valence-electron chi connectivity index (χ0n) is 15.7. The monoisotopic (exact) mass is 374 g/mol. The second-order valence-corrected chi connectivity index (χ2v) is 7.81. The third-order valence-electron chi connectivity index (χ3n) is 4.00. The topological polar surface area (TPSA) is 51.7 Å². The van der Waals surface area contributed by atoms with Crippen LogP contribution >= 0.6 is 0 Å². The Labute approximate surface area is 151 Å². The molecule has 0 aromatic carbocycles. The molecule has 0 radical (unpaired) electrons. The van der Waals surface area contributed by atoms with Crippen molar-refractivity contribution < 1.29 is 27.4 Å². The summed E-state index contributed by atoms with van der Waals surface area (Å²) in [6.07, 6.45) is -4.25. The molecule has 8 heteroatoms. The van der Waals surface area contributed by atoms with Gasteiger partial charge >= 0.3 is 12.3 Å². The number of alkyl halides is 3. The third-order valence-corrected chi connectivity index (χ3v) is 4.00. The summed E-state index contributed by atoms with van der Waals surface area (Å²) in [6, 6.07) is 3.54. The fraction of sp³-hybridized carbons (Fsp3) is 0.667. The lowest BCUT2D eigenvalue weighted by molar-refractivity contribution is -0.141. The highest BCUT2D eigenvalue weighted by molar-refractivity contribution is 5.69. The molecular weight excluding hydrogens is 349 g/mol. The molecule has 0 bridgehead atoms. The Morgan fingerprint density at radius 3 is 2.58 bits per heavy atom. The van der Waals surface area contributed by atoms with Gasteiger partial charge < -0.3 is 9.47 Å². The maximum absolute atomic E-state index is 12.8. The van der Waals surface area contributed by atoms with Crippen molar-refractivity contribution >= 4 is 6.09 Å². The van der Waals surface area contributed by atoms with Crippen LogP contribution < -0.4 is 0 Å². The van der Waals surface area contributed by atoms with Crippen LogP contribution in [0.3, 0.4) is 0 Å². The number of carbonyl (C=O) groups excluding carboxylic acids is 1. The molecule has 0 N–H and O–H groups in total. The normalized spacial score (nSPS) is 20.3. The van der Waals surface area contributed by atoms with Crippen molar-refractivity contribution in [1.82, 2.24) is 9.88 Å². The molecule has 5 nitrogen and oxygen atoms in total. The Hall–Kier alpha value is -1.83. The number of rotatable bonds is 3. The average Bonchev–Trinajstić information content (AvgIpc) is 2.77. The van der Waals surface area contributed by atoms with Crippen LogP contribution in [0.5, 0.6) is 0 Å². The van der Waals surface area contributed by atoms with Crippen LogP contribution in [0.4, 0.5) is 18.0 Å². The number of ether oxygens (including phenoxy) is 2. The van der Waals surface area contributed by atoms with E-state index in [9.17, 15) is 18.0 Å². The summed E-state index contributed by atoms with van der Waals surface area (Å²) in [5.41, 5.74) is -2.08. The summed E-state index contributed by atoms with van der Waals surface area (Å²) in [5.74, 6) is 0. The molecule has 1 aromatic heterocycles. The SMILES string of the molecule is CC(C)(C)OC(=O)N1C(CCc2cccc(C(F)(F)F)n2)COC1(C)C. The van der Waals surface area contributed by atoms with Gasteiger partial charge in [-0.1, -0.05) is 6.07 Å². The molecular formula is C18H25F3N2O3. The summed E-state index contributed by atoms with van der Waals surface area (Å²) in [6.45, 7) is 9.15. The lowest BCUT2D eigenvalue weighted by Gasteiger charge is -2.35. The Morgan fingerprint density at radius 2 is 2.00 bits per heavy atom. The van der Waals surface area contributed by atoms with Gasteiger partial charge in [-0.05, 0) is 59.6 Å². The van der Waals surface area contributed by atoms with E-state index < -0.39 is 29.3 Å². The number of amides is 1. The minimum atomic E-state index is -4.48. The first-order valence-corrected chi connectivity index (χ1v) is 8.49. The maximum atomic E-state index is 12.8. The van der Waals surface area contributed by atoms with Crippen LogP contribution in [0.1, 0.15) is 52.4 Å². The summed E-state index contributed by atoms with van der Waals surface area (Å²) in [7, 11) is 0. The van der Waals surface area contributed by atoms with Crippen LogP contribution in [0.15, 0.2) is 18.2 Å². The molecule has 1 saturated heterocycles. The molecule has 0 saturated carbocycles. The Kier molecular flexibility index (Phi) is 5.56. The molecule has 1 fully saturated rings. The Morgan fingerprint density at radius 1 is 1.35 bits per heavy atom. The molecule has 26 heavy (non-hydrogen) atoms. The average molecular weight is 374 g/mol. The summed E-state index contributed by atoms with van der Waals surface area (Å²) in [4.78, 5) is 17.7. The van der Waals surface area contributed by atoms with Crippen molar-refractivity contribution in [3.05, 3.63) is 29.6 Å². The first-order chi connectivity index (χ1) is 11.8. The minimum absolute atomic E-state index is 0.295. The Balaban J connectivity index is 2.09. The Bertz CT molecular complexity index is 654. The van der Waals surface area contributed by atoms with Gasteiger partial charge in [0.2, 0.25) is 0 Å². The van der Waals surface area contributed by atoms with E-state index >= 15 is 0 Å². The van der Waals surface area contributed by atoms with Gasteiger partial charge in [0.15, 0.2) is 0 Å². The van der Waals surface area contributed by atoms with Gasteiger partial charge in [-0.2, -0.15) is 13.2 Å². The first kappa shape index (κ1) is 20.5. The number of nitrogens with zero attached hydrogens (tertiary/aromatic N) is 2. The molecule has 1 aromatic rings. The second-order valence-electron chi connectivity index (χ2n) is 7.81. The van der Waals surface area contributed by atoms with Gasteiger partial charge in [0, 0.05) is 5.69 Å². The third kappa shape index (κ3) is 5.09. The van der Waals surface area contributed by atoms with E-state index in [1.807, 2.05) is 0 Å². The zero-order valence-corrected chi connectivity index (χ0v) is 15.7. The quantitative estimate of drug-likeness (QED) is 0.787. The number of pyridine rings is 1. The molecule has 146 valence electrons. The van der Waals surface area contributed by atoms with Gasteiger partial charge in [0.25, 0.3) is 0 Å². The van der Waals surface area contributed by atoms with E-state index in [4.69, 9.17) is 9.47 Å². The predicted molar refractivity (Wildman–Crippen MR) is 89.5 cm³/mol. The fourth-order valence-corrected chi connectivity index (χ4v) is 2.87. The largest absolute Gasteiger partial charge is 0.444 e. The highest BCUT2D eigenvalue weighted by Gasteiger charge is 2.45. The number of halogens is 3. The van der Waals surface area contributed by atoms with Crippen molar-refractivity contribution in [2.45, 2.75) is 71.0 Å². The van der Waals surface area contributed by atoms with Crippen molar-refractivity contribution in [2.75, 3.05) is 6.61 Å². The summed E-state index contributed by atoms with van der Waals surface area (Å²) >= 11 is 0. The van der Waals surface area contributed by atoms with Gasteiger partial charge in [-0.3, -0.25) is 4.90 Å². The van der Waals surface area contributed by atoms with Gasteiger partial charge in [-0.15, -0.1) is 0 Å². The molecule has 2 heterocycles. The summed E-state index contributed by atoms with van der Waals surface area (Å²) < 4.78 is 49.5. The van der Waals surface area contributed by atoms with E-state index in [1.165, 1.54) is 11.0 Å². The number of hydrogen-bond donors (Lipinski definition) is 0. The smallest absolute Gasteiger partial charge is 0.433 e. The van der Waals surface area contributed by atoms with Crippen molar-refractivity contribution in [1.29, 1.82) is 0 Å². The van der Waals surface area contributed by atoms with Crippen LogP contribution in [-0.2, 0) is 22.1 Å². The van der Waals surface area contributed by atoms with E-state index in [-0.39, 0.29) is 6.04 Å². The highest BCUT2D eigenvalue weighted by atomic mass is 19.4. The van der Waals surface area contributed by atoms with E-state index in [2.05, 4.69) is 4.98 Å².